The van der Waals surface area contributed by atoms with Crippen LogP contribution in [-0.2, 0) is 9.47 Å². The Balaban J connectivity index is 2.37. The van der Waals surface area contributed by atoms with Crippen LogP contribution in [-0.4, -0.2) is 18.3 Å². The van der Waals surface area contributed by atoms with Crippen LogP contribution in [0.15, 0.2) is 18.2 Å². The van der Waals surface area contributed by atoms with Crippen molar-refractivity contribution in [3.05, 3.63) is 39.5 Å². The summed E-state index contributed by atoms with van der Waals surface area (Å²) in [6.07, 6.45) is 0.273. The number of hydrogen-bond donors (Lipinski definition) is 1. The Hall–Kier alpha value is -1.77. The lowest BCUT2D eigenvalue weighted by Gasteiger charge is -2.23. The van der Waals surface area contributed by atoms with Gasteiger partial charge in [0.2, 0.25) is 0 Å². The maximum atomic E-state index is 10.2. The van der Waals surface area contributed by atoms with Gasteiger partial charge >= 0.3 is 6.07 Å². The van der Waals surface area contributed by atoms with Gasteiger partial charge < -0.3 is 19.8 Å². The van der Waals surface area contributed by atoms with Gasteiger partial charge in [0, 0.05) is 10.6 Å². The summed E-state index contributed by atoms with van der Waals surface area (Å²) in [7, 11) is 0. The fourth-order valence-electron chi connectivity index (χ4n) is 1.59. The molecule has 84 valence electrons. The highest BCUT2D eigenvalue weighted by Crippen LogP contribution is 2.30. The minimum atomic E-state index is -0.565. The molecular weight excluding hydrogens is 210 g/mol. The number of aromatic hydroxyl groups is 1. The third-order valence-corrected chi connectivity index (χ3v) is 2.31. The first-order chi connectivity index (χ1) is 7.83. The maximum Gasteiger partial charge on any atom is 0.341 e. The van der Waals surface area contributed by atoms with Crippen molar-refractivity contribution in [2.45, 2.75) is 12.7 Å². The van der Waals surface area contributed by atoms with Crippen LogP contribution in [0.5, 0.6) is 5.75 Å². The Labute approximate surface area is 92.6 Å². The van der Waals surface area contributed by atoms with E-state index in [1.807, 2.05) is 0 Å². The van der Waals surface area contributed by atoms with E-state index in [0.29, 0.717) is 18.8 Å². The summed E-state index contributed by atoms with van der Waals surface area (Å²) in [5, 5.41) is 22.3. The fourth-order valence-corrected chi connectivity index (χ4v) is 1.59. The number of ether oxygens (including phenoxy) is 2. The lowest BCUT2D eigenvalue weighted by molar-refractivity contribution is -0.183. The quantitative estimate of drug-likeness (QED) is 0.736. The summed E-state index contributed by atoms with van der Waals surface area (Å²) >= 11 is 0. The number of hydrogen-bond acceptors (Lipinski definition) is 4. The third-order valence-electron chi connectivity index (χ3n) is 2.31. The van der Waals surface area contributed by atoms with Crippen molar-refractivity contribution in [2.75, 3.05) is 13.2 Å². The molecule has 0 aromatic heterocycles. The highest BCUT2D eigenvalue weighted by atomic mass is 16.7. The first-order valence-corrected chi connectivity index (χ1v) is 4.96. The summed E-state index contributed by atoms with van der Waals surface area (Å²) < 4.78 is 10.8. The molecule has 1 aromatic rings. The predicted molar refractivity (Wildman–Crippen MR) is 57.1 cm³/mol. The molecule has 5 heteroatoms. The van der Waals surface area contributed by atoms with E-state index in [-0.39, 0.29) is 11.3 Å². The van der Waals surface area contributed by atoms with Crippen molar-refractivity contribution >= 4 is 0 Å². The Bertz CT molecular complexity index is 429. The zero-order chi connectivity index (χ0) is 11.4. The second-order valence-corrected chi connectivity index (χ2v) is 3.37. The van der Waals surface area contributed by atoms with Crippen LogP contribution in [0.25, 0.3) is 5.01 Å². The topological polar surface area (TPSA) is 66.1 Å². The van der Waals surface area contributed by atoms with E-state index in [9.17, 15) is 10.3 Å². The van der Waals surface area contributed by atoms with Crippen LogP contribution in [0, 0.1) is 11.3 Å². The van der Waals surface area contributed by atoms with E-state index in [1.54, 1.807) is 12.1 Å². The van der Waals surface area contributed by atoms with Gasteiger partial charge in [-0.15, -0.1) is 0 Å². The van der Waals surface area contributed by atoms with E-state index in [4.69, 9.17) is 9.47 Å². The molecule has 0 unspecified atom stereocenters. The van der Waals surface area contributed by atoms with Gasteiger partial charge in [-0.3, -0.25) is 0 Å². The summed E-state index contributed by atoms with van der Waals surface area (Å²) in [6, 6.07) is 7.03. The van der Waals surface area contributed by atoms with Gasteiger partial charge in [-0.05, 0) is 12.5 Å². The molecule has 1 aromatic carbocycles. The Morgan fingerprint density at radius 1 is 1.38 bits per heavy atom. The first kappa shape index (κ1) is 10.7. The fraction of sp³-hybridized carbons (Fsp3) is 0.364. The molecule has 0 saturated carbocycles. The molecule has 1 N–H and O–H groups in total. The van der Waals surface area contributed by atoms with E-state index in [1.165, 1.54) is 6.07 Å². The molecule has 1 aliphatic heterocycles. The van der Waals surface area contributed by atoms with Crippen molar-refractivity contribution in [1.82, 2.24) is 0 Å². The molecule has 1 saturated heterocycles. The van der Waals surface area contributed by atoms with Gasteiger partial charge in [0.25, 0.3) is 0 Å². The molecule has 0 aliphatic carbocycles. The Kier molecular flexibility index (Phi) is 3.25. The SMILES string of the molecule is [O-][N+]#Cc1c(O)cccc1C1OCCCO1. The Morgan fingerprint density at radius 2 is 2.12 bits per heavy atom. The van der Waals surface area contributed by atoms with Crippen LogP contribution >= 0.6 is 0 Å². The molecule has 16 heavy (non-hydrogen) atoms. The minimum Gasteiger partial charge on any atom is -0.506 e. The van der Waals surface area contributed by atoms with Gasteiger partial charge in [-0.25, -0.2) is 0 Å². The second kappa shape index (κ2) is 4.84. The highest BCUT2D eigenvalue weighted by molar-refractivity contribution is 5.50. The largest absolute Gasteiger partial charge is 0.506 e. The zero-order valence-electron chi connectivity index (χ0n) is 8.55. The van der Waals surface area contributed by atoms with Gasteiger partial charge in [0.15, 0.2) is 11.9 Å². The molecule has 0 atom stereocenters. The van der Waals surface area contributed by atoms with Crippen molar-refractivity contribution in [2.24, 2.45) is 0 Å². The normalized spacial score (nSPS) is 16.5. The second-order valence-electron chi connectivity index (χ2n) is 3.37. The monoisotopic (exact) mass is 221 g/mol. The van der Waals surface area contributed by atoms with Crippen LogP contribution in [0.4, 0.5) is 0 Å². The van der Waals surface area contributed by atoms with Crippen LogP contribution in [0.2, 0.25) is 0 Å². The molecule has 0 spiro atoms. The predicted octanol–water partition coefficient (Wildman–Crippen LogP) is 2.01. The summed E-state index contributed by atoms with van der Waals surface area (Å²) in [5.41, 5.74) is 0.795. The van der Waals surface area contributed by atoms with Gasteiger partial charge in [0.05, 0.1) is 13.2 Å². The van der Waals surface area contributed by atoms with E-state index >= 15 is 0 Å². The molecule has 1 heterocycles. The van der Waals surface area contributed by atoms with Crippen LogP contribution in [0.3, 0.4) is 0 Å². The molecule has 0 bridgehead atoms. The molecule has 5 nitrogen and oxygen atoms in total. The molecular formula is C11H11NO4. The van der Waals surface area contributed by atoms with Crippen molar-refractivity contribution < 1.29 is 14.6 Å². The number of rotatable bonds is 1. The van der Waals surface area contributed by atoms with Crippen LogP contribution in [0.1, 0.15) is 23.8 Å². The lowest BCUT2D eigenvalue weighted by Crippen LogP contribution is -2.18. The maximum absolute atomic E-state index is 10.2. The Morgan fingerprint density at radius 3 is 2.81 bits per heavy atom. The van der Waals surface area contributed by atoms with Gasteiger partial charge in [0.1, 0.15) is 5.75 Å². The number of phenols is 1. The number of phenolic OH excluding ortho intramolecular Hbond substituents is 1. The third kappa shape index (κ3) is 2.08. The number of nitrogens with zero attached hydrogens (tertiary/aromatic N) is 1. The summed E-state index contributed by atoms with van der Waals surface area (Å²) in [6.45, 7) is 1.18. The van der Waals surface area contributed by atoms with E-state index in [2.05, 4.69) is 11.1 Å². The lowest BCUT2D eigenvalue weighted by atomic mass is 10.1. The molecule has 0 amide bonds. The summed E-state index contributed by atoms with van der Waals surface area (Å²) in [5.74, 6) is -0.0603. The van der Waals surface area contributed by atoms with Crippen molar-refractivity contribution in [3.8, 4) is 11.8 Å². The van der Waals surface area contributed by atoms with E-state index < -0.39 is 6.29 Å². The standard InChI is InChI=1S/C11H11NO4/c13-10-4-1-3-8(9(10)7-12-14)11-15-5-2-6-16-11/h1,3-4,11,13H,2,5-6H2. The smallest absolute Gasteiger partial charge is 0.341 e. The molecule has 1 aliphatic rings. The summed E-state index contributed by atoms with van der Waals surface area (Å²) in [4.78, 5) is 0. The number of benzene rings is 1. The molecule has 2 rings (SSSR count). The minimum absolute atomic E-state index is 0.0603. The van der Waals surface area contributed by atoms with E-state index in [0.717, 1.165) is 6.42 Å². The van der Waals surface area contributed by atoms with Gasteiger partial charge in [-0.1, -0.05) is 12.1 Å². The zero-order valence-corrected chi connectivity index (χ0v) is 8.55. The van der Waals surface area contributed by atoms with Gasteiger partial charge in [-0.2, -0.15) is 0 Å². The highest BCUT2D eigenvalue weighted by Gasteiger charge is 2.23. The van der Waals surface area contributed by atoms with Crippen molar-refractivity contribution in [1.29, 1.82) is 0 Å². The molecule has 0 radical (unpaired) electrons. The average molecular weight is 221 g/mol. The molecule has 1 fully saturated rings. The first-order valence-electron chi connectivity index (χ1n) is 4.96. The van der Waals surface area contributed by atoms with Crippen LogP contribution < -0.4 is 0 Å². The average Bonchev–Trinajstić information content (AvgIpc) is 2.33. The van der Waals surface area contributed by atoms with Crippen molar-refractivity contribution in [3.63, 3.8) is 0 Å².